The number of hydrazine groups is 1. The molecule has 8 heteroatoms. The van der Waals surface area contributed by atoms with Crippen molar-refractivity contribution >= 4 is 15.7 Å². The van der Waals surface area contributed by atoms with Gasteiger partial charge in [-0.2, -0.15) is 12.8 Å². The standard InChI is InChI=1S/C35H48FN3O3S/c1-3-5-7-9-10-12-28-15-20-35(34(36)24-28)39(37)43(40,41)33-19-16-31-27-38(22-21-30(31)25-33)26-29-13-17-32(18-14-29)42-23-11-8-6-4-2/h13-20,24-25H,3-12,21-23,26-27,37H2,1-2H3. The first-order valence-electron chi connectivity index (χ1n) is 16.0. The molecule has 0 unspecified atom stereocenters. The highest BCUT2D eigenvalue weighted by atomic mass is 32.2. The molecule has 0 atom stereocenters. The SMILES string of the molecule is CCCCCCCc1ccc(N(N)S(=O)(=O)c2ccc3c(c2)CCN(Cc2ccc(OCCCCCC)cc2)C3)c(F)c1. The lowest BCUT2D eigenvalue weighted by atomic mass is 9.99. The van der Waals surface area contributed by atoms with Crippen LogP contribution in [0.3, 0.4) is 0 Å². The first kappa shape index (κ1) is 33.0. The fourth-order valence-electron chi connectivity index (χ4n) is 5.61. The van der Waals surface area contributed by atoms with Crippen LogP contribution in [-0.2, 0) is 36.0 Å². The van der Waals surface area contributed by atoms with E-state index in [2.05, 4.69) is 30.9 Å². The molecular weight excluding hydrogens is 561 g/mol. The van der Waals surface area contributed by atoms with Crippen LogP contribution in [0.15, 0.2) is 65.6 Å². The smallest absolute Gasteiger partial charge is 0.277 e. The Morgan fingerprint density at radius 2 is 1.53 bits per heavy atom. The van der Waals surface area contributed by atoms with Crippen molar-refractivity contribution in [3.63, 3.8) is 0 Å². The summed E-state index contributed by atoms with van der Waals surface area (Å²) >= 11 is 0. The van der Waals surface area contributed by atoms with E-state index in [1.807, 2.05) is 18.2 Å². The lowest BCUT2D eigenvalue weighted by molar-refractivity contribution is 0.245. The third-order valence-electron chi connectivity index (χ3n) is 8.24. The summed E-state index contributed by atoms with van der Waals surface area (Å²) in [7, 11) is -4.12. The molecule has 234 valence electrons. The van der Waals surface area contributed by atoms with Crippen LogP contribution in [0.25, 0.3) is 0 Å². The topological polar surface area (TPSA) is 75.9 Å². The van der Waals surface area contributed by atoms with Gasteiger partial charge in [0.15, 0.2) is 0 Å². The molecule has 0 aliphatic carbocycles. The summed E-state index contributed by atoms with van der Waals surface area (Å²) < 4.78 is 48.2. The Hall–Kier alpha value is -2.94. The maximum absolute atomic E-state index is 15.0. The van der Waals surface area contributed by atoms with E-state index < -0.39 is 15.8 Å². The Balaban J connectivity index is 1.33. The summed E-state index contributed by atoms with van der Waals surface area (Å²) in [4.78, 5) is 2.43. The molecule has 1 heterocycles. The summed E-state index contributed by atoms with van der Waals surface area (Å²) in [6, 6.07) is 18.1. The first-order chi connectivity index (χ1) is 20.8. The van der Waals surface area contributed by atoms with Crippen molar-refractivity contribution in [2.45, 2.75) is 102 Å². The zero-order valence-electron chi connectivity index (χ0n) is 25.9. The third-order valence-corrected chi connectivity index (χ3v) is 9.80. The summed E-state index contributed by atoms with van der Waals surface area (Å²) in [6.45, 7) is 7.48. The number of sulfonamides is 1. The van der Waals surface area contributed by atoms with Gasteiger partial charge in [-0.25, -0.2) is 10.2 Å². The second-order valence-corrected chi connectivity index (χ2v) is 13.5. The Morgan fingerprint density at radius 1 is 0.837 bits per heavy atom. The van der Waals surface area contributed by atoms with E-state index in [4.69, 9.17) is 10.6 Å². The van der Waals surface area contributed by atoms with Gasteiger partial charge in [0.25, 0.3) is 10.0 Å². The van der Waals surface area contributed by atoms with Gasteiger partial charge in [0, 0.05) is 19.6 Å². The van der Waals surface area contributed by atoms with Gasteiger partial charge in [0.2, 0.25) is 0 Å². The number of anilines is 1. The number of nitrogens with zero attached hydrogens (tertiary/aromatic N) is 2. The van der Waals surface area contributed by atoms with Crippen molar-refractivity contribution in [3.05, 3.63) is 88.7 Å². The van der Waals surface area contributed by atoms with Gasteiger partial charge in [0.05, 0.1) is 11.5 Å². The van der Waals surface area contributed by atoms with Crippen molar-refractivity contribution in [1.29, 1.82) is 0 Å². The fourth-order valence-corrected chi connectivity index (χ4v) is 6.78. The number of benzene rings is 3. The Labute approximate surface area is 258 Å². The quantitative estimate of drug-likeness (QED) is 0.0956. The van der Waals surface area contributed by atoms with Gasteiger partial charge in [-0.05, 0) is 84.3 Å². The van der Waals surface area contributed by atoms with Gasteiger partial charge in [-0.3, -0.25) is 4.90 Å². The van der Waals surface area contributed by atoms with Gasteiger partial charge < -0.3 is 4.74 Å². The van der Waals surface area contributed by atoms with E-state index in [-0.39, 0.29) is 10.6 Å². The predicted octanol–water partition coefficient (Wildman–Crippen LogP) is 7.93. The largest absolute Gasteiger partial charge is 0.494 e. The average molecular weight is 610 g/mol. The highest BCUT2D eigenvalue weighted by Gasteiger charge is 2.27. The average Bonchev–Trinajstić information content (AvgIpc) is 3.01. The molecule has 0 saturated heterocycles. The van der Waals surface area contributed by atoms with Crippen LogP contribution in [-0.4, -0.2) is 26.5 Å². The third kappa shape index (κ3) is 9.27. The molecule has 6 nitrogen and oxygen atoms in total. The van der Waals surface area contributed by atoms with E-state index in [1.54, 1.807) is 18.2 Å². The van der Waals surface area contributed by atoms with Gasteiger partial charge in [-0.1, -0.05) is 83.1 Å². The minimum Gasteiger partial charge on any atom is -0.494 e. The molecule has 4 rings (SSSR count). The molecule has 0 amide bonds. The molecule has 1 aliphatic rings. The maximum atomic E-state index is 15.0. The molecule has 3 aromatic carbocycles. The number of nitrogens with two attached hydrogens (primary N) is 1. The second kappa shape index (κ2) is 16.2. The fraction of sp³-hybridized carbons (Fsp3) is 0.486. The molecule has 0 saturated carbocycles. The number of unbranched alkanes of at least 4 members (excludes halogenated alkanes) is 7. The normalized spacial score (nSPS) is 13.6. The lowest BCUT2D eigenvalue weighted by Gasteiger charge is -2.29. The molecule has 0 fully saturated rings. The van der Waals surface area contributed by atoms with Gasteiger partial charge in [-0.15, -0.1) is 0 Å². The van der Waals surface area contributed by atoms with E-state index in [0.29, 0.717) is 4.41 Å². The number of ether oxygens (including phenoxy) is 1. The van der Waals surface area contributed by atoms with Crippen molar-refractivity contribution in [2.75, 3.05) is 17.6 Å². The molecule has 0 bridgehead atoms. The summed E-state index contributed by atoms with van der Waals surface area (Å²) in [5.41, 5.74) is 3.99. The molecule has 0 aromatic heterocycles. The molecule has 0 radical (unpaired) electrons. The summed E-state index contributed by atoms with van der Waals surface area (Å²) in [5, 5.41) is 0. The Bertz CT molecular complexity index is 1410. The van der Waals surface area contributed by atoms with Crippen molar-refractivity contribution in [3.8, 4) is 5.75 Å². The number of aryl methyl sites for hydroxylation is 1. The number of hydrogen-bond donors (Lipinski definition) is 1. The van der Waals surface area contributed by atoms with E-state index in [9.17, 15) is 12.8 Å². The zero-order chi connectivity index (χ0) is 30.7. The molecular formula is C35H48FN3O3S. The molecule has 1 aliphatic heterocycles. The molecule has 2 N–H and O–H groups in total. The number of fused-ring (bicyclic) bond motifs is 1. The van der Waals surface area contributed by atoms with Crippen LogP contribution >= 0.6 is 0 Å². The number of halogens is 1. The van der Waals surface area contributed by atoms with E-state index >= 15 is 0 Å². The number of hydrogen-bond acceptors (Lipinski definition) is 5. The maximum Gasteiger partial charge on any atom is 0.277 e. The molecule has 3 aromatic rings. The summed E-state index contributed by atoms with van der Waals surface area (Å²) in [6.07, 6.45) is 11.9. The van der Waals surface area contributed by atoms with Crippen LogP contribution < -0.4 is 15.0 Å². The van der Waals surface area contributed by atoms with Crippen LogP contribution in [0, 0.1) is 5.82 Å². The van der Waals surface area contributed by atoms with Crippen LogP contribution in [0.5, 0.6) is 5.75 Å². The predicted molar refractivity (Wildman–Crippen MR) is 173 cm³/mol. The van der Waals surface area contributed by atoms with E-state index in [0.717, 1.165) is 80.8 Å². The first-order valence-corrected chi connectivity index (χ1v) is 17.4. The Morgan fingerprint density at radius 3 is 2.26 bits per heavy atom. The van der Waals surface area contributed by atoms with Gasteiger partial charge in [0.1, 0.15) is 17.3 Å². The lowest BCUT2D eigenvalue weighted by Crippen LogP contribution is -2.38. The van der Waals surface area contributed by atoms with Crippen molar-refractivity contribution < 1.29 is 17.5 Å². The van der Waals surface area contributed by atoms with Crippen molar-refractivity contribution in [2.24, 2.45) is 5.84 Å². The minimum absolute atomic E-state index is 0.0758. The highest BCUT2D eigenvalue weighted by Crippen LogP contribution is 2.28. The molecule has 43 heavy (non-hydrogen) atoms. The van der Waals surface area contributed by atoms with E-state index in [1.165, 1.54) is 56.2 Å². The molecule has 0 spiro atoms. The Kier molecular flexibility index (Phi) is 12.4. The monoisotopic (exact) mass is 609 g/mol. The van der Waals surface area contributed by atoms with Gasteiger partial charge >= 0.3 is 0 Å². The highest BCUT2D eigenvalue weighted by molar-refractivity contribution is 7.92. The van der Waals surface area contributed by atoms with Crippen molar-refractivity contribution in [1.82, 2.24) is 4.90 Å². The van der Waals surface area contributed by atoms with Crippen LogP contribution in [0.1, 0.15) is 93.9 Å². The second-order valence-electron chi connectivity index (χ2n) is 11.7. The number of rotatable bonds is 17. The zero-order valence-corrected chi connectivity index (χ0v) is 26.7. The summed E-state index contributed by atoms with van der Waals surface area (Å²) in [5.74, 6) is 6.32. The minimum atomic E-state index is -4.12. The van der Waals surface area contributed by atoms with Crippen LogP contribution in [0.2, 0.25) is 0 Å². The van der Waals surface area contributed by atoms with Crippen LogP contribution in [0.4, 0.5) is 10.1 Å².